The second-order valence-corrected chi connectivity index (χ2v) is 4.86. The summed E-state index contributed by atoms with van der Waals surface area (Å²) >= 11 is 0. The Hall–Kier alpha value is -0.530. The van der Waals surface area contributed by atoms with E-state index in [0.29, 0.717) is 12.3 Å². The molecular weight excluding hydrogens is 186 g/mol. The van der Waals surface area contributed by atoms with Crippen molar-refractivity contribution in [2.45, 2.75) is 72.3 Å². The predicted molar refractivity (Wildman–Crippen MR) is 65.8 cm³/mol. The van der Waals surface area contributed by atoms with Crippen LogP contribution in [0.2, 0.25) is 0 Å². The number of hydrogen-bond donors (Lipinski definition) is 1. The van der Waals surface area contributed by atoms with E-state index >= 15 is 0 Å². The molecule has 0 fully saturated rings. The lowest BCUT2D eigenvalue weighted by Gasteiger charge is -2.12. The van der Waals surface area contributed by atoms with Crippen LogP contribution in [0.15, 0.2) is 0 Å². The Bertz CT molecular complexity index is 166. The molecule has 0 aliphatic heterocycles. The van der Waals surface area contributed by atoms with Gasteiger partial charge in [-0.3, -0.25) is 4.79 Å². The third kappa shape index (κ3) is 9.77. The summed E-state index contributed by atoms with van der Waals surface area (Å²) < 4.78 is 0. The van der Waals surface area contributed by atoms with E-state index in [1.54, 1.807) is 0 Å². The summed E-state index contributed by atoms with van der Waals surface area (Å²) in [6.45, 7) is 8.48. The molecule has 0 aliphatic carbocycles. The maximum Gasteiger partial charge on any atom is 0.220 e. The van der Waals surface area contributed by atoms with Gasteiger partial charge in [0.1, 0.15) is 0 Å². The maximum atomic E-state index is 11.4. The first-order valence-electron chi connectivity index (χ1n) is 6.35. The quantitative estimate of drug-likeness (QED) is 0.614. The van der Waals surface area contributed by atoms with Crippen LogP contribution in [0.25, 0.3) is 0 Å². The van der Waals surface area contributed by atoms with Crippen molar-refractivity contribution in [3.63, 3.8) is 0 Å². The number of rotatable bonds is 8. The highest BCUT2D eigenvalue weighted by molar-refractivity contribution is 5.76. The molecule has 1 atom stereocenters. The Morgan fingerprint density at radius 2 is 1.80 bits per heavy atom. The van der Waals surface area contributed by atoms with E-state index < -0.39 is 0 Å². The molecule has 0 aromatic rings. The molecular formula is C13H27NO. The van der Waals surface area contributed by atoms with Crippen LogP contribution in [0, 0.1) is 5.92 Å². The summed E-state index contributed by atoms with van der Waals surface area (Å²) in [7, 11) is 0. The molecule has 0 spiro atoms. The molecule has 0 aromatic heterocycles. The first-order chi connectivity index (χ1) is 7.06. The standard InChI is InChI=1S/C13H27NO/c1-5-6-7-8-12(4)9-10-13(15)14-11(2)3/h11-12H,5-10H2,1-4H3,(H,14,15). The van der Waals surface area contributed by atoms with Crippen LogP contribution in [-0.2, 0) is 4.79 Å². The lowest BCUT2D eigenvalue weighted by Crippen LogP contribution is -2.30. The van der Waals surface area contributed by atoms with E-state index in [0.717, 1.165) is 6.42 Å². The van der Waals surface area contributed by atoms with Crippen molar-refractivity contribution in [3.05, 3.63) is 0 Å². The highest BCUT2D eigenvalue weighted by Crippen LogP contribution is 2.14. The molecule has 0 bridgehead atoms. The van der Waals surface area contributed by atoms with Crippen molar-refractivity contribution in [3.8, 4) is 0 Å². The fraction of sp³-hybridized carbons (Fsp3) is 0.923. The van der Waals surface area contributed by atoms with E-state index in [9.17, 15) is 4.79 Å². The van der Waals surface area contributed by atoms with Crippen LogP contribution in [0.3, 0.4) is 0 Å². The fourth-order valence-corrected chi connectivity index (χ4v) is 1.66. The smallest absolute Gasteiger partial charge is 0.220 e. The van der Waals surface area contributed by atoms with Crippen molar-refractivity contribution < 1.29 is 4.79 Å². The zero-order valence-corrected chi connectivity index (χ0v) is 10.8. The minimum atomic E-state index is 0.201. The molecule has 0 aliphatic rings. The summed E-state index contributed by atoms with van der Waals surface area (Å²) in [5, 5.41) is 2.93. The third-order valence-electron chi connectivity index (χ3n) is 2.61. The Morgan fingerprint density at radius 1 is 1.13 bits per heavy atom. The van der Waals surface area contributed by atoms with Crippen molar-refractivity contribution in [2.24, 2.45) is 5.92 Å². The zero-order valence-electron chi connectivity index (χ0n) is 10.8. The summed E-state index contributed by atoms with van der Waals surface area (Å²) in [6.07, 6.45) is 6.89. The van der Waals surface area contributed by atoms with Crippen LogP contribution in [-0.4, -0.2) is 11.9 Å². The number of nitrogens with one attached hydrogen (secondary N) is 1. The molecule has 15 heavy (non-hydrogen) atoms. The predicted octanol–water partition coefficient (Wildman–Crippen LogP) is 3.51. The van der Waals surface area contributed by atoms with E-state index in [-0.39, 0.29) is 11.9 Å². The number of hydrogen-bond acceptors (Lipinski definition) is 1. The number of carbonyl (C=O) groups is 1. The number of unbranched alkanes of at least 4 members (excludes halogenated alkanes) is 2. The van der Waals surface area contributed by atoms with Crippen molar-refractivity contribution in [1.82, 2.24) is 5.32 Å². The monoisotopic (exact) mass is 213 g/mol. The molecule has 0 radical (unpaired) electrons. The summed E-state index contributed by atoms with van der Waals surface area (Å²) in [4.78, 5) is 11.4. The summed E-state index contributed by atoms with van der Waals surface area (Å²) in [6, 6.07) is 0.271. The van der Waals surface area contributed by atoms with E-state index in [2.05, 4.69) is 19.2 Å². The van der Waals surface area contributed by atoms with Crippen molar-refractivity contribution in [1.29, 1.82) is 0 Å². The zero-order chi connectivity index (χ0) is 11.7. The molecule has 1 amide bonds. The van der Waals surface area contributed by atoms with Crippen molar-refractivity contribution in [2.75, 3.05) is 0 Å². The largest absolute Gasteiger partial charge is 0.354 e. The molecule has 2 heteroatoms. The Balaban J connectivity index is 3.44. The first-order valence-corrected chi connectivity index (χ1v) is 6.35. The molecule has 0 aromatic carbocycles. The Kier molecular flexibility index (Phi) is 8.44. The van der Waals surface area contributed by atoms with Gasteiger partial charge in [-0.15, -0.1) is 0 Å². The molecule has 0 saturated carbocycles. The molecule has 1 unspecified atom stereocenters. The summed E-state index contributed by atoms with van der Waals surface area (Å²) in [5.74, 6) is 0.891. The van der Waals surface area contributed by atoms with Gasteiger partial charge >= 0.3 is 0 Å². The van der Waals surface area contributed by atoms with Gasteiger partial charge in [-0.05, 0) is 26.2 Å². The molecule has 2 nitrogen and oxygen atoms in total. The average molecular weight is 213 g/mol. The normalized spacial score (nSPS) is 12.9. The summed E-state index contributed by atoms with van der Waals surface area (Å²) in [5.41, 5.74) is 0. The number of amides is 1. The van der Waals surface area contributed by atoms with E-state index in [1.807, 2.05) is 13.8 Å². The van der Waals surface area contributed by atoms with Gasteiger partial charge < -0.3 is 5.32 Å². The molecule has 0 rings (SSSR count). The van der Waals surface area contributed by atoms with Gasteiger partial charge in [0, 0.05) is 12.5 Å². The van der Waals surface area contributed by atoms with Gasteiger partial charge in [0.2, 0.25) is 5.91 Å². The molecule has 0 heterocycles. The second-order valence-electron chi connectivity index (χ2n) is 4.86. The Morgan fingerprint density at radius 3 is 2.33 bits per heavy atom. The van der Waals surface area contributed by atoms with E-state index in [4.69, 9.17) is 0 Å². The van der Waals surface area contributed by atoms with Gasteiger partial charge in [-0.25, -0.2) is 0 Å². The SMILES string of the molecule is CCCCCC(C)CCC(=O)NC(C)C. The Labute approximate surface area is 94.8 Å². The lowest BCUT2D eigenvalue weighted by atomic mass is 9.98. The lowest BCUT2D eigenvalue weighted by molar-refractivity contribution is -0.121. The maximum absolute atomic E-state index is 11.4. The second kappa shape index (κ2) is 8.75. The van der Waals surface area contributed by atoms with Gasteiger partial charge in [-0.1, -0.05) is 39.5 Å². The molecule has 0 saturated heterocycles. The minimum Gasteiger partial charge on any atom is -0.354 e. The van der Waals surface area contributed by atoms with Crippen LogP contribution in [0.5, 0.6) is 0 Å². The molecule has 1 N–H and O–H groups in total. The van der Waals surface area contributed by atoms with E-state index in [1.165, 1.54) is 25.7 Å². The van der Waals surface area contributed by atoms with Crippen LogP contribution < -0.4 is 5.32 Å². The fourth-order valence-electron chi connectivity index (χ4n) is 1.66. The van der Waals surface area contributed by atoms with Gasteiger partial charge in [0.15, 0.2) is 0 Å². The first kappa shape index (κ1) is 14.5. The highest BCUT2D eigenvalue weighted by Gasteiger charge is 2.07. The van der Waals surface area contributed by atoms with Gasteiger partial charge in [0.25, 0.3) is 0 Å². The van der Waals surface area contributed by atoms with Crippen LogP contribution in [0.4, 0.5) is 0 Å². The number of carbonyl (C=O) groups excluding carboxylic acids is 1. The minimum absolute atomic E-state index is 0.201. The van der Waals surface area contributed by atoms with Gasteiger partial charge in [0.05, 0.1) is 0 Å². The van der Waals surface area contributed by atoms with Crippen molar-refractivity contribution >= 4 is 5.91 Å². The van der Waals surface area contributed by atoms with Crippen LogP contribution >= 0.6 is 0 Å². The average Bonchev–Trinajstić information content (AvgIpc) is 2.14. The highest BCUT2D eigenvalue weighted by atomic mass is 16.1. The van der Waals surface area contributed by atoms with Gasteiger partial charge in [-0.2, -0.15) is 0 Å². The topological polar surface area (TPSA) is 29.1 Å². The van der Waals surface area contributed by atoms with Crippen LogP contribution in [0.1, 0.15) is 66.2 Å². The third-order valence-corrected chi connectivity index (χ3v) is 2.61. The molecule has 90 valence electrons.